The molecule has 5 aromatic rings. The topological polar surface area (TPSA) is 149 Å². The third kappa shape index (κ3) is 15.9. The van der Waals surface area contributed by atoms with Gasteiger partial charge in [0.15, 0.2) is 5.13 Å². The fourth-order valence-electron chi connectivity index (χ4n) is 7.95. The van der Waals surface area contributed by atoms with Gasteiger partial charge in [-0.25, -0.2) is 9.78 Å². The summed E-state index contributed by atoms with van der Waals surface area (Å²) in [7, 11) is 4.14. The Balaban J connectivity index is 0.745. The van der Waals surface area contributed by atoms with Gasteiger partial charge in [-0.1, -0.05) is 70.5 Å². The summed E-state index contributed by atoms with van der Waals surface area (Å²) in [6.07, 6.45) is 5.92. The Bertz CT molecular complexity index is 2380. The van der Waals surface area contributed by atoms with Crippen molar-refractivity contribution < 1.29 is 28.7 Å². The van der Waals surface area contributed by atoms with Crippen LogP contribution in [0.2, 0.25) is 0 Å². The summed E-state index contributed by atoms with van der Waals surface area (Å²) >= 11 is 4.80. The molecule has 1 aliphatic carbocycles. The molecule has 1 unspecified atom stereocenters. The summed E-state index contributed by atoms with van der Waals surface area (Å²) in [5, 5.41) is 10.9. The lowest BCUT2D eigenvalue weighted by Crippen LogP contribution is -2.47. The van der Waals surface area contributed by atoms with Crippen molar-refractivity contribution in [3.05, 3.63) is 135 Å². The molecule has 4 aromatic carbocycles. The van der Waals surface area contributed by atoms with Gasteiger partial charge in [-0.05, 0) is 124 Å². The van der Waals surface area contributed by atoms with Gasteiger partial charge in [0.2, 0.25) is 17.7 Å². The maximum atomic E-state index is 13.9. The molecule has 1 saturated heterocycles. The van der Waals surface area contributed by atoms with Gasteiger partial charge in [-0.2, -0.15) is 0 Å². The predicted octanol–water partition coefficient (Wildman–Crippen LogP) is 8.41. The smallest absolute Gasteiger partial charge is 0.325 e. The van der Waals surface area contributed by atoms with Crippen LogP contribution in [0.15, 0.2) is 113 Å². The molecule has 2 aliphatic rings. The van der Waals surface area contributed by atoms with Gasteiger partial charge in [0.25, 0.3) is 0 Å². The monoisotopic (exact) mass is 1010 g/mol. The molecule has 5 amide bonds. The highest BCUT2D eigenvalue weighted by Gasteiger charge is 2.41. The Labute approximate surface area is 412 Å². The third-order valence-electron chi connectivity index (χ3n) is 12.1. The van der Waals surface area contributed by atoms with Crippen LogP contribution in [0.25, 0.3) is 0 Å². The lowest BCUT2D eigenvalue weighted by atomic mass is 10.0. The molecule has 0 radical (unpaired) electrons. The van der Waals surface area contributed by atoms with Crippen molar-refractivity contribution in [3.8, 4) is 11.5 Å². The molecular formula is C52H63BrN8O6S. The zero-order chi connectivity index (χ0) is 47.7. The van der Waals surface area contributed by atoms with Crippen molar-refractivity contribution >= 4 is 61.8 Å². The Hall–Kier alpha value is -5.81. The minimum atomic E-state index is -0.704. The second kappa shape index (κ2) is 25.5. The molecule has 360 valence electrons. The number of hydrogen-bond donors (Lipinski definition) is 3. The van der Waals surface area contributed by atoms with E-state index in [4.69, 9.17) is 9.47 Å². The second-order valence-corrected chi connectivity index (χ2v) is 19.3. The van der Waals surface area contributed by atoms with Gasteiger partial charge in [0, 0.05) is 67.3 Å². The minimum absolute atomic E-state index is 0.0204. The van der Waals surface area contributed by atoms with Crippen molar-refractivity contribution in [2.24, 2.45) is 0 Å². The van der Waals surface area contributed by atoms with Gasteiger partial charge >= 0.3 is 6.03 Å². The first-order valence-corrected chi connectivity index (χ1v) is 25.2. The molecule has 3 N–H and O–H groups in total. The molecule has 1 atom stereocenters. The predicted molar refractivity (Wildman–Crippen MR) is 271 cm³/mol. The van der Waals surface area contributed by atoms with E-state index in [9.17, 15) is 19.2 Å². The number of benzene rings is 4. The molecule has 7 rings (SSSR count). The largest absolute Gasteiger partial charge is 0.494 e. The van der Waals surface area contributed by atoms with Crippen molar-refractivity contribution in [2.75, 3.05) is 77.2 Å². The van der Waals surface area contributed by atoms with E-state index in [1.807, 2.05) is 106 Å². The Morgan fingerprint density at radius 3 is 2.19 bits per heavy atom. The van der Waals surface area contributed by atoms with E-state index in [1.54, 1.807) is 12.1 Å². The van der Waals surface area contributed by atoms with Crippen LogP contribution in [0.4, 0.5) is 15.6 Å². The summed E-state index contributed by atoms with van der Waals surface area (Å²) < 4.78 is 12.9. The van der Waals surface area contributed by atoms with Crippen LogP contribution < -0.4 is 25.4 Å². The second-order valence-electron chi connectivity index (χ2n) is 17.5. The number of anilines is 2. The Morgan fingerprint density at radius 2 is 1.49 bits per heavy atom. The fourth-order valence-corrected chi connectivity index (χ4v) is 8.92. The molecule has 68 heavy (non-hydrogen) atoms. The van der Waals surface area contributed by atoms with Gasteiger partial charge in [0.05, 0.1) is 18.7 Å². The first-order chi connectivity index (χ1) is 33.1. The zero-order valence-corrected chi connectivity index (χ0v) is 41.4. The molecule has 0 bridgehead atoms. The molecule has 1 aromatic heterocycles. The lowest BCUT2D eigenvalue weighted by molar-refractivity contribution is -0.141. The number of halogens is 1. The number of nitrogens with one attached hydrogen (secondary N) is 3. The number of aromatic nitrogens is 1. The molecule has 1 aliphatic heterocycles. The van der Waals surface area contributed by atoms with Crippen molar-refractivity contribution in [3.63, 3.8) is 0 Å². The van der Waals surface area contributed by atoms with Crippen LogP contribution in [0.1, 0.15) is 67.0 Å². The number of thiazole rings is 1. The molecule has 2 fully saturated rings. The number of likely N-dealkylation sites (N-methyl/N-ethyl adjacent to an activating group) is 2. The first-order valence-electron chi connectivity index (χ1n) is 23.6. The number of urea groups is 1. The number of nitrogens with zero attached hydrogens (tertiary/aromatic N) is 5. The van der Waals surface area contributed by atoms with Crippen LogP contribution in [-0.2, 0) is 33.8 Å². The van der Waals surface area contributed by atoms with Crippen LogP contribution >= 0.6 is 27.3 Å². The fraction of sp³-hybridized carbons (Fsp3) is 0.404. The van der Waals surface area contributed by atoms with Gasteiger partial charge in [-0.15, -0.1) is 11.3 Å². The molecule has 1 saturated carbocycles. The quantitative estimate of drug-likeness (QED) is 0.0519. The number of carbonyl (C=O) groups is 4. The average Bonchev–Trinajstić information content (AvgIpc) is 4.09. The number of aryl methyl sites for hydroxylation is 1. The number of carbonyl (C=O) groups excluding carboxylic acids is 4. The van der Waals surface area contributed by atoms with Crippen molar-refractivity contribution in [1.29, 1.82) is 0 Å². The van der Waals surface area contributed by atoms with Crippen molar-refractivity contribution in [1.82, 2.24) is 29.9 Å². The van der Waals surface area contributed by atoms with E-state index in [0.717, 1.165) is 104 Å². The summed E-state index contributed by atoms with van der Waals surface area (Å²) in [4.78, 5) is 65.6. The summed E-state index contributed by atoms with van der Waals surface area (Å²) in [6.45, 7) is 6.47. The Morgan fingerprint density at radius 1 is 0.794 bits per heavy atom. The number of amides is 5. The van der Waals surface area contributed by atoms with Gasteiger partial charge < -0.3 is 39.7 Å². The van der Waals surface area contributed by atoms with Gasteiger partial charge in [-0.3, -0.25) is 19.7 Å². The summed E-state index contributed by atoms with van der Waals surface area (Å²) in [5.74, 6) is 1.39. The molecule has 16 heteroatoms. The highest BCUT2D eigenvalue weighted by molar-refractivity contribution is 9.10. The third-order valence-corrected chi connectivity index (χ3v) is 13.4. The van der Waals surface area contributed by atoms with E-state index in [2.05, 4.69) is 60.8 Å². The number of rotatable bonds is 24. The van der Waals surface area contributed by atoms with E-state index in [1.165, 1.54) is 11.3 Å². The highest BCUT2D eigenvalue weighted by Crippen LogP contribution is 2.36. The lowest BCUT2D eigenvalue weighted by Gasteiger charge is -2.32. The zero-order valence-electron chi connectivity index (χ0n) is 39.0. The molecule has 0 spiro atoms. The van der Waals surface area contributed by atoms with E-state index < -0.39 is 12.1 Å². The number of ether oxygens (including phenoxy) is 2. The number of piperazine rings is 1. The minimum Gasteiger partial charge on any atom is -0.494 e. The van der Waals surface area contributed by atoms with Crippen LogP contribution in [-0.4, -0.2) is 121 Å². The maximum Gasteiger partial charge on any atom is 0.325 e. The van der Waals surface area contributed by atoms with Crippen molar-refractivity contribution in [2.45, 2.75) is 70.0 Å². The molecule has 14 nitrogen and oxygen atoms in total. The summed E-state index contributed by atoms with van der Waals surface area (Å²) in [5.41, 5.74) is 4.13. The Kier molecular flexibility index (Phi) is 18.8. The molecular weight excluding hydrogens is 945 g/mol. The number of hydrogen-bond acceptors (Lipinski definition) is 10. The normalized spacial score (nSPS) is 14.3. The van der Waals surface area contributed by atoms with Crippen LogP contribution in [0.5, 0.6) is 11.5 Å². The average molecular weight is 1010 g/mol. The van der Waals surface area contributed by atoms with E-state index in [-0.39, 0.29) is 30.2 Å². The standard InChI is InChI=1S/C52H63BrN8O6S/c1-58(32-34-67-46-24-18-42(19-25-46)55-51(65)57-52-56-43(37-68-52)35-48(63)60-30-28-59(2)29-31-60)27-7-4-8-33-66-45-22-11-38(12-23-45)13-26-47(62)61(44-20-21-44)49(40-14-16-41(53)17-15-40)50(64)54-36-39-9-5-3-6-10-39/h3,5-6,9-12,14-19,22-25,37,44,49H,4,7-8,13,20-21,26-36H2,1-2H3,(H,54,64)(H2,55,56,57,65). The van der Waals surface area contributed by atoms with Crippen LogP contribution in [0.3, 0.4) is 0 Å². The van der Waals surface area contributed by atoms with E-state index in [0.29, 0.717) is 49.1 Å². The van der Waals surface area contributed by atoms with Crippen LogP contribution in [0, 0.1) is 0 Å². The summed E-state index contributed by atoms with van der Waals surface area (Å²) in [6, 6.07) is 31.7. The highest BCUT2D eigenvalue weighted by atomic mass is 79.9. The van der Waals surface area contributed by atoms with Gasteiger partial charge in [0.1, 0.15) is 24.1 Å². The maximum absolute atomic E-state index is 13.9. The van der Waals surface area contributed by atoms with E-state index >= 15 is 0 Å². The first kappa shape index (κ1) is 50.1. The number of unbranched alkanes of at least 4 members (excludes halogenated alkanes) is 2. The SMILES string of the molecule is CN(CCCCCOc1ccc(CCC(=O)N(C2CC2)C(C(=O)NCc2ccccc2)c2ccc(Br)cc2)cc1)CCOc1ccc(NC(=O)Nc2nc(CC(=O)N3CCN(C)CC3)cs2)cc1. The molecule has 2 heterocycles.